The van der Waals surface area contributed by atoms with Crippen LogP contribution in [-0.4, -0.2) is 55.4 Å². The number of ether oxygens (including phenoxy) is 1. The molecule has 2 N–H and O–H groups in total. The second-order valence-electron chi connectivity index (χ2n) is 6.36. The Morgan fingerprint density at radius 2 is 2.22 bits per heavy atom. The van der Waals surface area contributed by atoms with Gasteiger partial charge in [-0.15, -0.1) is 0 Å². The second-order valence-corrected chi connectivity index (χ2v) is 7.19. The number of nitrogens with one attached hydrogen (secondary N) is 2. The normalized spacial score (nSPS) is 22.3. The summed E-state index contributed by atoms with van der Waals surface area (Å²) in [6.07, 6.45) is 2.65. The molecule has 2 fully saturated rings. The van der Waals surface area contributed by atoms with E-state index >= 15 is 0 Å². The van der Waals surface area contributed by atoms with Crippen molar-refractivity contribution in [2.75, 3.05) is 39.3 Å². The highest BCUT2D eigenvalue weighted by atomic mass is 35.5. The zero-order valence-electron chi connectivity index (χ0n) is 13.4. The molecule has 4 nitrogen and oxygen atoms in total. The minimum atomic E-state index is 0.336. The molecule has 0 spiro atoms. The number of piperazine rings is 1. The summed E-state index contributed by atoms with van der Waals surface area (Å²) >= 11 is 11.6. The molecular formula is C17H25ClN3OS+. The summed E-state index contributed by atoms with van der Waals surface area (Å²) in [6, 6.07) is 8.17. The van der Waals surface area contributed by atoms with Crippen LogP contribution in [-0.2, 0) is 11.3 Å². The van der Waals surface area contributed by atoms with Crippen molar-refractivity contribution in [3.63, 3.8) is 0 Å². The van der Waals surface area contributed by atoms with E-state index in [2.05, 4.69) is 22.3 Å². The molecule has 1 aromatic carbocycles. The van der Waals surface area contributed by atoms with Crippen LogP contribution in [0.5, 0.6) is 0 Å². The highest BCUT2D eigenvalue weighted by molar-refractivity contribution is 7.80. The van der Waals surface area contributed by atoms with Crippen molar-refractivity contribution in [1.29, 1.82) is 0 Å². The van der Waals surface area contributed by atoms with Gasteiger partial charge in [0.25, 0.3) is 0 Å². The molecule has 1 atom stereocenters. The Balaban J connectivity index is 1.40. The first-order valence-corrected chi connectivity index (χ1v) is 9.22. The number of quaternary nitrogens is 1. The number of benzene rings is 1. The van der Waals surface area contributed by atoms with Gasteiger partial charge in [0.15, 0.2) is 5.11 Å². The van der Waals surface area contributed by atoms with Crippen LogP contribution in [0.25, 0.3) is 0 Å². The predicted octanol–water partition coefficient (Wildman–Crippen LogP) is 1.09. The molecule has 1 aromatic rings. The van der Waals surface area contributed by atoms with Gasteiger partial charge in [0.2, 0.25) is 0 Å². The minimum absolute atomic E-state index is 0.336. The van der Waals surface area contributed by atoms with Crippen molar-refractivity contribution in [3.05, 3.63) is 34.9 Å². The first-order chi connectivity index (χ1) is 11.2. The van der Waals surface area contributed by atoms with Crippen molar-refractivity contribution in [2.24, 2.45) is 0 Å². The lowest BCUT2D eigenvalue weighted by Gasteiger charge is -2.34. The fourth-order valence-corrected chi connectivity index (χ4v) is 3.74. The second kappa shape index (κ2) is 8.29. The SMILES string of the molecule is S=C(NC[C@@H]1CCCO1)N1CC[NH+](Cc2cccc(Cl)c2)CC1. The number of hydrogen-bond donors (Lipinski definition) is 2. The molecule has 2 saturated heterocycles. The molecule has 23 heavy (non-hydrogen) atoms. The number of hydrogen-bond acceptors (Lipinski definition) is 2. The lowest BCUT2D eigenvalue weighted by atomic mass is 10.2. The molecule has 6 heteroatoms. The van der Waals surface area contributed by atoms with Crippen LogP contribution in [0.2, 0.25) is 5.02 Å². The summed E-state index contributed by atoms with van der Waals surface area (Å²) in [5, 5.41) is 5.07. The fourth-order valence-electron chi connectivity index (χ4n) is 3.26. The van der Waals surface area contributed by atoms with E-state index in [4.69, 9.17) is 28.6 Å². The lowest BCUT2D eigenvalue weighted by molar-refractivity contribution is -0.917. The molecule has 0 aliphatic carbocycles. The molecule has 3 rings (SSSR count). The quantitative estimate of drug-likeness (QED) is 0.792. The van der Waals surface area contributed by atoms with Crippen LogP contribution in [0.1, 0.15) is 18.4 Å². The van der Waals surface area contributed by atoms with Gasteiger partial charge in [0.1, 0.15) is 6.54 Å². The van der Waals surface area contributed by atoms with Gasteiger partial charge in [-0.3, -0.25) is 0 Å². The summed E-state index contributed by atoms with van der Waals surface area (Å²) in [6.45, 7) is 6.99. The molecule has 126 valence electrons. The molecule has 0 saturated carbocycles. The van der Waals surface area contributed by atoms with E-state index < -0.39 is 0 Å². The number of thiocarbonyl (C=S) groups is 1. The molecule has 0 amide bonds. The largest absolute Gasteiger partial charge is 0.376 e. The van der Waals surface area contributed by atoms with Crippen molar-refractivity contribution < 1.29 is 9.64 Å². The first kappa shape index (κ1) is 17.0. The topological polar surface area (TPSA) is 28.9 Å². The smallest absolute Gasteiger partial charge is 0.169 e. The van der Waals surface area contributed by atoms with Gasteiger partial charge in [-0.05, 0) is 37.2 Å². The Bertz CT molecular complexity index is 528. The van der Waals surface area contributed by atoms with E-state index in [1.54, 1.807) is 4.90 Å². The van der Waals surface area contributed by atoms with Gasteiger partial charge >= 0.3 is 0 Å². The third kappa shape index (κ3) is 5.05. The summed E-state index contributed by atoms with van der Waals surface area (Å²) in [7, 11) is 0. The maximum atomic E-state index is 6.06. The zero-order chi connectivity index (χ0) is 16.1. The number of rotatable bonds is 4. The van der Waals surface area contributed by atoms with Crippen LogP contribution >= 0.6 is 23.8 Å². The van der Waals surface area contributed by atoms with Gasteiger partial charge in [0.05, 0.1) is 32.3 Å². The average molecular weight is 355 g/mol. The molecular weight excluding hydrogens is 330 g/mol. The predicted molar refractivity (Wildman–Crippen MR) is 97.0 cm³/mol. The molecule has 0 bridgehead atoms. The summed E-state index contributed by atoms with van der Waals surface area (Å²) in [5.74, 6) is 0. The highest BCUT2D eigenvalue weighted by Crippen LogP contribution is 2.11. The fraction of sp³-hybridized carbons (Fsp3) is 0.588. The van der Waals surface area contributed by atoms with E-state index in [0.29, 0.717) is 6.10 Å². The van der Waals surface area contributed by atoms with Crippen LogP contribution in [0.3, 0.4) is 0 Å². The first-order valence-electron chi connectivity index (χ1n) is 8.43. The Hall–Kier alpha value is -0.880. The molecule has 2 aliphatic rings. The van der Waals surface area contributed by atoms with Crippen LogP contribution in [0.4, 0.5) is 0 Å². The third-order valence-corrected chi connectivity index (χ3v) is 5.24. The van der Waals surface area contributed by atoms with E-state index in [9.17, 15) is 0 Å². The van der Waals surface area contributed by atoms with Gasteiger partial charge in [-0.25, -0.2) is 0 Å². The van der Waals surface area contributed by atoms with Gasteiger partial charge < -0.3 is 19.9 Å². The van der Waals surface area contributed by atoms with E-state index in [-0.39, 0.29) is 0 Å². The zero-order valence-corrected chi connectivity index (χ0v) is 15.0. The average Bonchev–Trinajstić information content (AvgIpc) is 3.07. The molecule has 0 aromatic heterocycles. The van der Waals surface area contributed by atoms with E-state index in [1.807, 2.05) is 12.1 Å². The third-order valence-electron chi connectivity index (χ3n) is 4.61. The maximum absolute atomic E-state index is 6.06. The van der Waals surface area contributed by atoms with Gasteiger partial charge in [-0.2, -0.15) is 0 Å². The van der Waals surface area contributed by atoms with Crippen molar-refractivity contribution in [3.8, 4) is 0 Å². The number of halogens is 1. The summed E-state index contributed by atoms with van der Waals surface area (Å²) < 4.78 is 5.63. The molecule has 2 aliphatic heterocycles. The Morgan fingerprint density at radius 1 is 1.39 bits per heavy atom. The van der Waals surface area contributed by atoms with Crippen LogP contribution in [0.15, 0.2) is 24.3 Å². The van der Waals surface area contributed by atoms with Crippen molar-refractivity contribution >= 4 is 28.9 Å². The summed E-state index contributed by atoms with van der Waals surface area (Å²) in [5.41, 5.74) is 1.31. The van der Waals surface area contributed by atoms with Crippen molar-refractivity contribution in [1.82, 2.24) is 10.2 Å². The monoisotopic (exact) mass is 354 g/mol. The molecule has 2 heterocycles. The Morgan fingerprint density at radius 3 is 2.91 bits per heavy atom. The van der Waals surface area contributed by atoms with Crippen LogP contribution < -0.4 is 10.2 Å². The summed E-state index contributed by atoms with van der Waals surface area (Å²) in [4.78, 5) is 3.87. The lowest BCUT2D eigenvalue weighted by Crippen LogP contribution is -3.13. The molecule has 0 unspecified atom stereocenters. The van der Waals surface area contributed by atoms with E-state index in [0.717, 1.165) is 62.4 Å². The minimum Gasteiger partial charge on any atom is -0.376 e. The maximum Gasteiger partial charge on any atom is 0.169 e. The number of nitrogens with zero attached hydrogens (tertiary/aromatic N) is 1. The Labute approximate surface area is 148 Å². The molecule has 0 radical (unpaired) electrons. The highest BCUT2D eigenvalue weighted by Gasteiger charge is 2.23. The van der Waals surface area contributed by atoms with Crippen molar-refractivity contribution in [2.45, 2.75) is 25.5 Å². The standard InChI is InChI=1S/C17H24ClN3OS/c18-15-4-1-3-14(11-15)13-20-6-8-21(9-7-20)17(23)19-12-16-5-2-10-22-16/h1,3-4,11,16H,2,5-10,12-13H2,(H,19,23)/p+1/t16-/m0/s1. The van der Waals surface area contributed by atoms with Crippen LogP contribution in [0, 0.1) is 0 Å². The van der Waals surface area contributed by atoms with Gasteiger partial charge in [-0.1, -0.05) is 23.7 Å². The van der Waals surface area contributed by atoms with Gasteiger partial charge in [0, 0.05) is 23.7 Å². The van der Waals surface area contributed by atoms with E-state index in [1.165, 1.54) is 12.0 Å². The Kier molecular flexibility index (Phi) is 6.11.